The van der Waals surface area contributed by atoms with Gasteiger partial charge in [0.05, 0.1) is 18.8 Å². The number of fused-ring (bicyclic) bond motifs is 3. The molecule has 5 nitrogen and oxygen atoms in total. The van der Waals surface area contributed by atoms with Gasteiger partial charge < -0.3 is 14.6 Å². The van der Waals surface area contributed by atoms with Gasteiger partial charge in [-0.15, -0.1) is 0 Å². The molecule has 0 saturated carbocycles. The van der Waals surface area contributed by atoms with E-state index < -0.39 is 5.60 Å². The average molecular weight is 377 g/mol. The lowest BCUT2D eigenvalue weighted by Crippen LogP contribution is -2.68. The topological polar surface area (TPSA) is 59.0 Å². The second-order valence-corrected chi connectivity index (χ2v) is 8.08. The summed E-state index contributed by atoms with van der Waals surface area (Å²) in [5, 5.41) is 11.3. The van der Waals surface area contributed by atoms with Crippen molar-refractivity contribution in [3.05, 3.63) is 35.6 Å². The molecule has 1 aromatic rings. The van der Waals surface area contributed by atoms with E-state index in [4.69, 9.17) is 9.47 Å². The molecule has 4 atom stereocenters. The maximum Gasteiger partial charge on any atom is 0.162 e. The molecule has 3 fully saturated rings. The summed E-state index contributed by atoms with van der Waals surface area (Å²) in [4.78, 5) is 14.8. The summed E-state index contributed by atoms with van der Waals surface area (Å²) in [6, 6.07) is 6.06. The number of carbonyl (C=O) groups is 1. The Labute approximate surface area is 159 Å². The van der Waals surface area contributed by atoms with Crippen molar-refractivity contribution >= 4 is 5.78 Å². The van der Waals surface area contributed by atoms with E-state index in [0.29, 0.717) is 44.3 Å². The number of halogens is 1. The summed E-state index contributed by atoms with van der Waals surface area (Å²) in [7, 11) is 0. The van der Waals surface area contributed by atoms with Crippen molar-refractivity contribution in [2.24, 2.45) is 11.8 Å². The van der Waals surface area contributed by atoms with E-state index in [0.717, 1.165) is 32.5 Å². The number of ether oxygens (including phenoxy) is 2. The number of Topliss-reactive ketones (excluding diaryl/α,β-unsaturated/α-hetero) is 1. The second-order valence-electron chi connectivity index (χ2n) is 8.08. The molecular formula is C21H28FNO4. The molecule has 0 bridgehead atoms. The highest BCUT2D eigenvalue weighted by atomic mass is 19.1. The summed E-state index contributed by atoms with van der Waals surface area (Å²) >= 11 is 0. The molecule has 6 heteroatoms. The minimum atomic E-state index is -0.691. The average Bonchev–Trinajstić information content (AvgIpc) is 2.69. The number of likely N-dealkylation sites (tertiary alicyclic amines) is 1. The molecule has 148 valence electrons. The van der Waals surface area contributed by atoms with Crippen LogP contribution < -0.4 is 0 Å². The lowest BCUT2D eigenvalue weighted by atomic mass is 9.66. The molecule has 1 N–H and O–H groups in total. The molecule has 3 heterocycles. The third-order valence-corrected chi connectivity index (χ3v) is 6.57. The first kappa shape index (κ1) is 19.0. The van der Waals surface area contributed by atoms with Crippen LogP contribution in [0.25, 0.3) is 0 Å². The normalized spacial score (nSPS) is 33.9. The molecule has 0 radical (unpaired) electrons. The van der Waals surface area contributed by atoms with Crippen molar-refractivity contribution in [1.29, 1.82) is 0 Å². The Bertz CT molecular complexity index is 667. The molecule has 3 aliphatic rings. The van der Waals surface area contributed by atoms with Crippen molar-refractivity contribution in [3.63, 3.8) is 0 Å². The maximum absolute atomic E-state index is 13.0. The summed E-state index contributed by atoms with van der Waals surface area (Å²) in [6.07, 6.45) is 2.80. The molecule has 3 saturated heterocycles. The minimum Gasteiger partial charge on any atom is -0.389 e. The van der Waals surface area contributed by atoms with Crippen molar-refractivity contribution in [3.8, 4) is 0 Å². The molecule has 0 amide bonds. The van der Waals surface area contributed by atoms with E-state index in [1.807, 2.05) is 0 Å². The van der Waals surface area contributed by atoms with E-state index >= 15 is 0 Å². The van der Waals surface area contributed by atoms with Gasteiger partial charge in [0.25, 0.3) is 0 Å². The first-order valence-corrected chi connectivity index (χ1v) is 9.98. The number of aliphatic hydroxyl groups is 1. The van der Waals surface area contributed by atoms with Gasteiger partial charge in [-0.05, 0) is 43.7 Å². The molecule has 0 aliphatic carbocycles. The number of nitrogens with zero attached hydrogens (tertiary/aromatic N) is 1. The Morgan fingerprint density at radius 3 is 2.81 bits per heavy atom. The number of carbonyl (C=O) groups excluding carboxylic acids is 1. The van der Waals surface area contributed by atoms with Gasteiger partial charge in [0, 0.05) is 56.0 Å². The van der Waals surface area contributed by atoms with E-state index in [9.17, 15) is 14.3 Å². The molecule has 1 aromatic carbocycles. The van der Waals surface area contributed by atoms with Crippen molar-refractivity contribution < 1.29 is 23.8 Å². The summed E-state index contributed by atoms with van der Waals surface area (Å²) in [5.41, 5.74) is -0.127. The van der Waals surface area contributed by atoms with Crippen LogP contribution in [0.1, 0.15) is 36.0 Å². The Morgan fingerprint density at radius 1 is 1.22 bits per heavy atom. The van der Waals surface area contributed by atoms with Crippen molar-refractivity contribution in [2.75, 3.05) is 39.5 Å². The largest absolute Gasteiger partial charge is 0.389 e. The highest BCUT2D eigenvalue weighted by Gasteiger charge is 2.54. The van der Waals surface area contributed by atoms with Crippen molar-refractivity contribution in [1.82, 2.24) is 4.90 Å². The molecule has 4 rings (SSSR count). The van der Waals surface area contributed by atoms with Crippen LogP contribution in [0.3, 0.4) is 0 Å². The molecule has 0 unspecified atom stereocenters. The SMILES string of the molecule is O=C(CCCN1C[C@H]2COCC[C@@]2(O)[C@@H]2COCC[C@@H]21)c1ccc(F)cc1. The van der Waals surface area contributed by atoms with Crippen LogP contribution in [0.2, 0.25) is 0 Å². The highest BCUT2D eigenvalue weighted by molar-refractivity contribution is 5.95. The molecule has 0 spiro atoms. The zero-order chi connectivity index (χ0) is 18.9. The van der Waals surface area contributed by atoms with E-state index in [1.165, 1.54) is 12.1 Å². The van der Waals surface area contributed by atoms with E-state index in [2.05, 4.69) is 4.90 Å². The van der Waals surface area contributed by atoms with Gasteiger partial charge in [0.15, 0.2) is 5.78 Å². The fourth-order valence-electron chi connectivity index (χ4n) is 5.05. The van der Waals surface area contributed by atoms with Crippen LogP contribution in [-0.4, -0.2) is 66.9 Å². The third kappa shape index (κ3) is 3.81. The minimum absolute atomic E-state index is 0.0491. The fraction of sp³-hybridized carbons (Fsp3) is 0.667. The molecule has 0 aromatic heterocycles. The fourth-order valence-corrected chi connectivity index (χ4v) is 5.05. The standard InChI is InChI=1S/C21H28FNO4/c22-17-5-3-15(4-6-17)20(24)2-1-9-23-12-16-13-27-11-8-21(16,25)18-14-26-10-7-19(18)23/h3-6,16,18-19,25H,1-2,7-14H2/t16-,18+,19-,21-/m0/s1. The monoisotopic (exact) mass is 377 g/mol. The number of rotatable bonds is 5. The summed E-state index contributed by atoms with van der Waals surface area (Å²) in [5.74, 6) is -0.0654. The highest BCUT2D eigenvalue weighted by Crippen LogP contribution is 2.44. The molecular weight excluding hydrogens is 349 g/mol. The van der Waals surface area contributed by atoms with Crippen molar-refractivity contribution in [2.45, 2.75) is 37.3 Å². The van der Waals surface area contributed by atoms with Crippen LogP contribution in [0.15, 0.2) is 24.3 Å². The first-order chi connectivity index (χ1) is 13.1. The Morgan fingerprint density at radius 2 is 2.00 bits per heavy atom. The number of benzene rings is 1. The van der Waals surface area contributed by atoms with Crippen LogP contribution in [0.4, 0.5) is 4.39 Å². The van der Waals surface area contributed by atoms with E-state index in [1.54, 1.807) is 12.1 Å². The van der Waals surface area contributed by atoms with Crippen LogP contribution in [0, 0.1) is 17.7 Å². The number of hydrogen-bond acceptors (Lipinski definition) is 5. The van der Waals surface area contributed by atoms with E-state index in [-0.39, 0.29) is 23.4 Å². The zero-order valence-corrected chi connectivity index (χ0v) is 15.6. The first-order valence-electron chi connectivity index (χ1n) is 9.98. The van der Waals surface area contributed by atoms with Gasteiger partial charge in [-0.2, -0.15) is 0 Å². The van der Waals surface area contributed by atoms with Gasteiger partial charge in [-0.25, -0.2) is 4.39 Å². The quantitative estimate of drug-likeness (QED) is 0.798. The zero-order valence-electron chi connectivity index (χ0n) is 15.6. The molecule has 3 aliphatic heterocycles. The number of hydrogen-bond donors (Lipinski definition) is 1. The van der Waals surface area contributed by atoms with Gasteiger partial charge >= 0.3 is 0 Å². The van der Waals surface area contributed by atoms with Crippen LogP contribution in [-0.2, 0) is 9.47 Å². The second kappa shape index (κ2) is 7.95. The number of ketones is 1. The summed E-state index contributed by atoms with van der Waals surface area (Å²) < 4.78 is 24.3. The lowest BCUT2D eigenvalue weighted by Gasteiger charge is -2.57. The third-order valence-electron chi connectivity index (χ3n) is 6.57. The van der Waals surface area contributed by atoms with Gasteiger partial charge in [0.1, 0.15) is 5.82 Å². The van der Waals surface area contributed by atoms with Crippen LogP contribution >= 0.6 is 0 Å². The lowest BCUT2D eigenvalue weighted by molar-refractivity contribution is -0.219. The predicted molar refractivity (Wildman–Crippen MR) is 98.1 cm³/mol. The smallest absolute Gasteiger partial charge is 0.162 e. The Balaban J connectivity index is 1.38. The van der Waals surface area contributed by atoms with Gasteiger partial charge in [-0.1, -0.05) is 0 Å². The summed E-state index contributed by atoms with van der Waals surface area (Å²) in [6.45, 7) is 4.16. The molecule has 27 heavy (non-hydrogen) atoms. The van der Waals surface area contributed by atoms with Gasteiger partial charge in [0.2, 0.25) is 0 Å². The Kier molecular flexibility index (Phi) is 5.60. The predicted octanol–water partition coefficient (Wildman–Crippen LogP) is 2.28. The number of piperidine rings is 1. The van der Waals surface area contributed by atoms with Gasteiger partial charge in [-0.3, -0.25) is 9.69 Å². The van der Waals surface area contributed by atoms with Crippen LogP contribution in [0.5, 0.6) is 0 Å². The Hall–Kier alpha value is -1.34. The maximum atomic E-state index is 13.0.